The van der Waals surface area contributed by atoms with E-state index in [0.717, 1.165) is 55.3 Å². The van der Waals surface area contributed by atoms with Crippen LogP contribution in [-0.4, -0.2) is 34.5 Å². The van der Waals surface area contributed by atoms with Crippen LogP contribution in [0.5, 0.6) is 0 Å². The van der Waals surface area contributed by atoms with Crippen LogP contribution >= 0.6 is 0 Å². The number of benzene rings is 5. The van der Waals surface area contributed by atoms with Gasteiger partial charge in [0.1, 0.15) is 23.3 Å². The number of nitriles is 2. The predicted molar refractivity (Wildman–Crippen MR) is 210 cm³/mol. The molecule has 0 aliphatic carbocycles. The molecule has 0 N–H and O–H groups in total. The van der Waals surface area contributed by atoms with Crippen LogP contribution < -0.4 is 0 Å². The zero-order valence-electron chi connectivity index (χ0n) is 30.1. The van der Waals surface area contributed by atoms with Gasteiger partial charge in [-0.1, -0.05) is 24.3 Å². The van der Waals surface area contributed by atoms with E-state index in [1.807, 2.05) is 58.0 Å². The zero-order chi connectivity index (χ0) is 38.4. The van der Waals surface area contributed by atoms with Crippen LogP contribution in [0.4, 0.5) is 11.4 Å². The second kappa shape index (κ2) is 13.5. The van der Waals surface area contributed by atoms with Crippen LogP contribution in [0.15, 0.2) is 91.0 Å². The van der Waals surface area contributed by atoms with Crippen molar-refractivity contribution in [3.8, 4) is 62.9 Å². The molecule has 0 amide bonds. The maximum Gasteiger partial charge on any atom is 0.189 e. The molecule has 3 heterocycles. The lowest BCUT2D eigenvalue weighted by Crippen LogP contribution is -2.05. The molecule has 8 rings (SSSR count). The Balaban J connectivity index is 1.48. The number of nitrogens with zero attached hydrogens (tertiary/aromatic N) is 11. The normalized spacial score (nSPS) is 10.8. The van der Waals surface area contributed by atoms with Gasteiger partial charge in [-0.05, 0) is 117 Å². The molecule has 5 aromatic carbocycles. The molecule has 0 radical (unpaired) electrons. The molecule has 0 atom stereocenters. The molecule has 0 saturated carbocycles. The summed E-state index contributed by atoms with van der Waals surface area (Å²) in [7, 11) is 0. The molecule has 0 fully saturated rings. The zero-order valence-corrected chi connectivity index (χ0v) is 30.1. The molecule has 258 valence electrons. The highest BCUT2D eigenvalue weighted by molar-refractivity contribution is 6.11. The Morgan fingerprint density at radius 1 is 0.491 bits per heavy atom. The molecule has 3 aromatic heterocycles. The highest BCUT2D eigenvalue weighted by Crippen LogP contribution is 2.41. The van der Waals surface area contributed by atoms with Crippen LogP contribution in [0.1, 0.15) is 34.4 Å². The van der Waals surface area contributed by atoms with Gasteiger partial charge >= 0.3 is 0 Å². The van der Waals surface area contributed by atoms with Crippen LogP contribution in [0.25, 0.3) is 82.2 Å². The first-order valence-electron chi connectivity index (χ1n) is 17.1. The van der Waals surface area contributed by atoms with E-state index >= 15 is 0 Å². The number of rotatable bonds is 5. The largest absolute Gasteiger partial charge is 0.308 e. The molecule has 0 bridgehead atoms. The highest BCUT2D eigenvalue weighted by atomic mass is 15.1. The van der Waals surface area contributed by atoms with E-state index < -0.39 is 0 Å². The first kappa shape index (κ1) is 34.0. The number of fused-ring (bicyclic) bond motifs is 3. The average molecular weight is 710 g/mol. The molecule has 11 nitrogen and oxygen atoms in total. The maximum absolute atomic E-state index is 9.77. The van der Waals surface area contributed by atoms with Gasteiger partial charge in [-0.25, -0.2) is 39.6 Å². The monoisotopic (exact) mass is 709 g/mol. The van der Waals surface area contributed by atoms with Gasteiger partial charge in [0.25, 0.3) is 0 Å². The van der Waals surface area contributed by atoms with Crippen molar-refractivity contribution in [2.75, 3.05) is 0 Å². The first-order chi connectivity index (χ1) is 26.6. The summed E-state index contributed by atoms with van der Waals surface area (Å²) in [5.74, 6) is 3.33. The molecule has 0 aliphatic heterocycles. The number of hydrogen-bond donors (Lipinski definition) is 0. The van der Waals surface area contributed by atoms with Gasteiger partial charge in [-0.15, -0.1) is 0 Å². The fourth-order valence-corrected chi connectivity index (χ4v) is 6.98. The van der Waals surface area contributed by atoms with Crippen molar-refractivity contribution in [1.82, 2.24) is 34.5 Å². The number of aromatic nitrogens is 7. The minimum absolute atomic E-state index is 0.375. The lowest BCUT2D eigenvalue weighted by Gasteiger charge is -2.16. The molecule has 55 heavy (non-hydrogen) atoms. The lowest BCUT2D eigenvalue weighted by atomic mass is 9.99. The van der Waals surface area contributed by atoms with Gasteiger partial charge in [-0.3, -0.25) is 0 Å². The van der Waals surface area contributed by atoms with Crippen molar-refractivity contribution < 1.29 is 0 Å². The van der Waals surface area contributed by atoms with Gasteiger partial charge in [0.05, 0.1) is 42.0 Å². The number of hydrogen-bond acceptors (Lipinski definition) is 8. The van der Waals surface area contributed by atoms with E-state index in [1.165, 1.54) is 0 Å². The fraction of sp³-hybridized carbons (Fsp3) is 0.0909. The van der Waals surface area contributed by atoms with Crippen molar-refractivity contribution in [2.24, 2.45) is 0 Å². The van der Waals surface area contributed by atoms with Gasteiger partial charge in [-0.2, -0.15) is 10.5 Å². The van der Waals surface area contributed by atoms with E-state index in [1.54, 1.807) is 36.4 Å². The second-order valence-corrected chi connectivity index (χ2v) is 13.0. The molecule has 0 unspecified atom stereocenters. The SMILES string of the molecule is [C-]#[N+]c1cc(C#N)cc(-c2ccc3c4ccc(-c5cc(C#N)cc([N+]#[C-])c5)cc4n(-c4ccc(-c5nc(C)nc(C)n5)cc4-c4nc(C)nc(C)n4)c3c2)c1. The Morgan fingerprint density at radius 3 is 1.40 bits per heavy atom. The lowest BCUT2D eigenvalue weighted by molar-refractivity contribution is 0.924. The van der Waals surface area contributed by atoms with Crippen molar-refractivity contribution in [1.29, 1.82) is 10.5 Å². The van der Waals surface area contributed by atoms with Crippen LogP contribution in [0.3, 0.4) is 0 Å². The predicted octanol–water partition coefficient (Wildman–Crippen LogP) is 9.90. The Bertz CT molecular complexity index is 2860. The van der Waals surface area contributed by atoms with E-state index in [2.05, 4.69) is 70.6 Å². The van der Waals surface area contributed by atoms with Gasteiger partial charge in [0.15, 0.2) is 23.0 Å². The van der Waals surface area contributed by atoms with Crippen molar-refractivity contribution in [3.05, 3.63) is 148 Å². The summed E-state index contributed by atoms with van der Waals surface area (Å²) < 4.78 is 2.16. The van der Waals surface area contributed by atoms with E-state index in [-0.39, 0.29) is 0 Å². The highest BCUT2D eigenvalue weighted by Gasteiger charge is 2.21. The summed E-state index contributed by atoms with van der Waals surface area (Å²) in [6.45, 7) is 22.6. The van der Waals surface area contributed by atoms with Crippen molar-refractivity contribution >= 4 is 33.2 Å². The van der Waals surface area contributed by atoms with Crippen LogP contribution in [-0.2, 0) is 0 Å². The molecule has 8 aromatic rings. The summed E-state index contributed by atoms with van der Waals surface area (Å²) >= 11 is 0. The Hall–Kier alpha value is -8.12. The van der Waals surface area contributed by atoms with Gasteiger partial charge in [0, 0.05) is 33.0 Å². The smallest absolute Gasteiger partial charge is 0.189 e. The Morgan fingerprint density at radius 2 is 0.945 bits per heavy atom. The molecule has 0 spiro atoms. The van der Waals surface area contributed by atoms with E-state index in [4.69, 9.17) is 23.1 Å². The van der Waals surface area contributed by atoms with Gasteiger partial charge in [0.2, 0.25) is 0 Å². The van der Waals surface area contributed by atoms with E-state index in [0.29, 0.717) is 63.0 Å². The fourth-order valence-electron chi connectivity index (χ4n) is 6.98. The van der Waals surface area contributed by atoms with Crippen LogP contribution in [0.2, 0.25) is 0 Å². The summed E-state index contributed by atoms with van der Waals surface area (Å²) in [5.41, 5.74) is 8.61. The Labute approximate surface area is 316 Å². The maximum atomic E-state index is 9.77. The second-order valence-electron chi connectivity index (χ2n) is 13.0. The van der Waals surface area contributed by atoms with Crippen LogP contribution in [0, 0.1) is 63.5 Å². The van der Waals surface area contributed by atoms with Crippen molar-refractivity contribution in [2.45, 2.75) is 27.7 Å². The molecule has 0 aliphatic rings. The quantitative estimate of drug-likeness (QED) is 0.161. The van der Waals surface area contributed by atoms with Gasteiger partial charge < -0.3 is 4.57 Å². The summed E-state index contributed by atoms with van der Waals surface area (Å²) in [5, 5.41) is 21.5. The summed E-state index contributed by atoms with van der Waals surface area (Å²) in [4.78, 5) is 35.0. The average Bonchev–Trinajstić information content (AvgIpc) is 3.52. The molecule has 11 heteroatoms. The summed E-state index contributed by atoms with van der Waals surface area (Å²) in [6, 6.07) is 32.8. The molecular formula is C44H27N11. The topological polar surface area (TPSA) is 139 Å². The third-order valence-electron chi connectivity index (χ3n) is 9.24. The van der Waals surface area contributed by atoms with E-state index in [9.17, 15) is 10.5 Å². The molecule has 0 saturated heterocycles. The standard InChI is InChI=1S/C44H27N11/c1-24-49-25(2)52-43(51-24)32-9-12-40(39(19-32)44-53-26(3)50-27(4)54-44)55-41-20-30(33-13-28(22-45)15-35(17-33)47-5)7-10-37(41)38-11-8-31(21-42(38)55)34-14-29(23-46)16-36(18-34)48-6/h7-21H,1-4H3. The third-order valence-corrected chi connectivity index (χ3v) is 9.24. The molecular weight excluding hydrogens is 683 g/mol. The third kappa shape index (κ3) is 6.25. The summed E-state index contributed by atoms with van der Waals surface area (Å²) in [6.07, 6.45) is 0. The Kier molecular flexibility index (Phi) is 8.31. The van der Waals surface area contributed by atoms with Crippen molar-refractivity contribution in [3.63, 3.8) is 0 Å². The first-order valence-corrected chi connectivity index (χ1v) is 17.1. The minimum atomic E-state index is 0.375. The number of aryl methyl sites for hydroxylation is 4. The minimum Gasteiger partial charge on any atom is -0.308 e.